The van der Waals surface area contributed by atoms with Crippen LogP contribution in [0.2, 0.25) is 5.02 Å². The summed E-state index contributed by atoms with van der Waals surface area (Å²) in [6.07, 6.45) is 3.11. The van der Waals surface area contributed by atoms with Gasteiger partial charge in [-0.15, -0.1) is 11.3 Å². The molecule has 2 heterocycles. The SMILES string of the molecule is Nc1c(C(=O)Nc2cccc(Cl)c2)sc2nccnc12. The Morgan fingerprint density at radius 1 is 1.30 bits per heavy atom. The van der Waals surface area contributed by atoms with Gasteiger partial charge in [-0.3, -0.25) is 4.79 Å². The minimum atomic E-state index is -0.297. The third kappa shape index (κ3) is 2.31. The summed E-state index contributed by atoms with van der Waals surface area (Å²) in [6, 6.07) is 6.91. The van der Waals surface area contributed by atoms with Gasteiger partial charge >= 0.3 is 0 Å². The highest BCUT2D eigenvalue weighted by atomic mass is 35.5. The molecule has 20 heavy (non-hydrogen) atoms. The highest BCUT2D eigenvalue weighted by Crippen LogP contribution is 2.31. The molecular formula is C13H9ClN4OS. The Morgan fingerprint density at radius 3 is 2.85 bits per heavy atom. The zero-order chi connectivity index (χ0) is 14.1. The monoisotopic (exact) mass is 304 g/mol. The quantitative estimate of drug-likeness (QED) is 0.762. The highest BCUT2D eigenvalue weighted by Gasteiger charge is 2.17. The second kappa shape index (κ2) is 5.07. The summed E-state index contributed by atoms with van der Waals surface area (Å²) in [7, 11) is 0. The molecule has 3 N–H and O–H groups in total. The molecule has 3 aromatic rings. The maximum absolute atomic E-state index is 12.2. The lowest BCUT2D eigenvalue weighted by Gasteiger charge is -2.04. The second-order valence-electron chi connectivity index (χ2n) is 4.02. The fraction of sp³-hybridized carbons (Fsp3) is 0. The van der Waals surface area contributed by atoms with E-state index in [4.69, 9.17) is 17.3 Å². The Labute approximate surface area is 123 Å². The summed E-state index contributed by atoms with van der Waals surface area (Å²) in [6.45, 7) is 0. The summed E-state index contributed by atoms with van der Waals surface area (Å²) >= 11 is 7.09. The van der Waals surface area contributed by atoms with Crippen LogP contribution in [0.15, 0.2) is 36.7 Å². The standard InChI is InChI=1S/C13H9ClN4OS/c14-7-2-1-3-8(6-7)18-12(19)11-9(15)10-13(20-11)17-5-4-16-10/h1-6H,15H2,(H,18,19). The first-order chi connectivity index (χ1) is 9.65. The average Bonchev–Trinajstić information content (AvgIpc) is 2.77. The number of halogens is 1. The van der Waals surface area contributed by atoms with E-state index in [2.05, 4.69) is 15.3 Å². The van der Waals surface area contributed by atoms with Gasteiger partial charge in [-0.25, -0.2) is 9.97 Å². The molecule has 5 nitrogen and oxygen atoms in total. The van der Waals surface area contributed by atoms with Crippen LogP contribution in [0.4, 0.5) is 11.4 Å². The van der Waals surface area contributed by atoms with Crippen LogP contribution in [0.3, 0.4) is 0 Å². The first-order valence-corrected chi connectivity index (χ1v) is 6.90. The topological polar surface area (TPSA) is 80.9 Å². The normalized spacial score (nSPS) is 10.7. The van der Waals surface area contributed by atoms with Gasteiger partial charge in [-0.1, -0.05) is 17.7 Å². The number of nitrogens with zero attached hydrogens (tertiary/aromatic N) is 2. The van der Waals surface area contributed by atoms with E-state index < -0.39 is 0 Å². The predicted molar refractivity (Wildman–Crippen MR) is 81.2 cm³/mol. The lowest BCUT2D eigenvalue weighted by atomic mass is 10.3. The van der Waals surface area contributed by atoms with Gasteiger partial charge in [0.1, 0.15) is 15.2 Å². The molecule has 0 atom stereocenters. The molecule has 0 bridgehead atoms. The number of benzene rings is 1. The van der Waals surface area contributed by atoms with E-state index in [0.717, 1.165) is 0 Å². The van der Waals surface area contributed by atoms with Crippen molar-refractivity contribution in [2.75, 3.05) is 11.1 Å². The molecule has 1 amide bonds. The van der Waals surface area contributed by atoms with Crippen LogP contribution in [0, 0.1) is 0 Å². The number of carbonyl (C=O) groups excluding carboxylic acids is 1. The van der Waals surface area contributed by atoms with Crippen molar-refractivity contribution < 1.29 is 4.79 Å². The van der Waals surface area contributed by atoms with Crippen LogP contribution in [-0.4, -0.2) is 15.9 Å². The third-order valence-electron chi connectivity index (χ3n) is 2.65. The molecule has 0 spiro atoms. The van der Waals surface area contributed by atoms with Gasteiger partial charge in [0, 0.05) is 23.1 Å². The number of anilines is 2. The van der Waals surface area contributed by atoms with E-state index in [1.807, 2.05) is 0 Å². The van der Waals surface area contributed by atoms with Crippen molar-refractivity contribution >= 4 is 50.6 Å². The summed E-state index contributed by atoms with van der Waals surface area (Å²) < 4.78 is 0. The fourth-order valence-electron chi connectivity index (χ4n) is 1.77. The molecular weight excluding hydrogens is 296 g/mol. The van der Waals surface area contributed by atoms with Crippen molar-refractivity contribution in [2.24, 2.45) is 0 Å². The van der Waals surface area contributed by atoms with Gasteiger partial charge in [-0.05, 0) is 18.2 Å². The molecule has 3 rings (SSSR count). The van der Waals surface area contributed by atoms with Crippen LogP contribution in [0.5, 0.6) is 0 Å². The summed E-state index contributed by atoms with van der Waals surface area (Å²) in [5.41, 5.74) is 7.45. The molecule has 0 aliphatic heterocycles. The van der Waals surface area contributed by atoms with Crippen LogP contribution in [0.25, 0.3) is 10.3 Å². The minimum Gasteiger partial charge on any atom is -0.396 e. The number of nitrogens with two attached hydrogens (primary N) is 1. The number of nitrogens with one attached hydrogen (secondary N) is 1. The van der Waals surface area contributed by atoms with Gasteiger partial charge in [0.15, 0.2) is 0 Å². The molecule has 0 radical (unpaired) electrons. The first kappa shape index (κ1) is 12.8. The number of thiophene rings is 1. The van der Waals surface area contributed by atoms with Crippen molar-refractivity contribution in [2.45, 2.75) is 0 Å². The second-order valence-corrected chi connectivity index (χ2v) is 5.45. The Kier molecular flexibility index (Phi) is 3.25. The number of hydrogen-bond donors (Lipinski definition) is 2. The Bertz CT molecular complexity index is 802. The molecule has 2 aromatic heterocycles. The largest absolute Gasteiger partial charge is 0.396 e. The fourth-order valence-corrected chi connectivity index (χ4v) is 2.87. The van der Waals surface area contributed by atoms with E-state index in [9.17, 15) is 4.79 Å². The minimum absolute atomic E-state index is 0.297. The zero-order valence-corrected chi connectivity index (χ0v) is 11.7. The number of fused-ring (bicyclic) bond motifs is 1. The smallest absolute Gasteiger partial charge is 0.268 e. The van der Waals surface area contributed by atoms with Crippen molar-refractivity contribution in [3.05, 3.63) is 46.6 Å². The molecule has 0 aliphatic rings. The molecule has 1 aromatic carbocycles. The van der Waals surface area contributed by atoms with E-state index >= 15 is 0 Å². The number of aromatic nitrogens is 2. The zero-order valence-electron chi connectivity index (χ0n) is 10.1. The lowest BCUT2D eigenvalue weighted by Crippen LogP contribution is -2.11. The number of rotatable bonds is 2. The van der Waals surface area contributed by atoms with Gasteiger partial charge < -0.3 is 11.1 Å². The van der Waals surface area contributed by atoms with Gasteiger partial charge in [0.2, 0.25) is 0 Å². The van der Waals surface area contributed by atoms with E-state index in [1.165, 1.54) is 11.3 Å². The highest BCUT2D eigenvalue weighted by molar-refractivity contribution is 7.21. The van der Waals surface area contributed by atoms with E-state index in [0.29, 0.717) is 31.6 Å². The molecule has 0 saturated carbocycles. The predicted octanol–water partition coefficient (Wildman–Crippen LogP) is 3.18. The number of nitrogen functional groups attached to an aromatic ring is 1. The summed E-state index contributed by atoms with van der Waals surface area (Å²) in [5.74, 6) is -0.297. The maximum Gasteiger partial charge on any atom is 0.268 e. The summed E-state index contributed by atoms with van der Waals surface area (Å²) in [5, 5.41) is 3.30. The molecule has 0 unspecified atom stereocenters. The number of hydrogen-bond acceptors (Lipinski definition) is 5. The van der Waals surface area contributed by atoms with E-state index in [1.54, 1.807) is 36.7 Å². The van der Waals surface area contributed by atoms with Crippen LogP contribution >= 0.6 is 22.9 Å². The van der Waals surface area contributed by atoms with Crippen LogP contribution in [0.1, 0.15) is 9.67 Å². The molecule has 100 valence electrons. The van der Waals surface area contributed by atoms with Gasteiger partial charge in [0.25, 0.3) is 5.91 Å². The first-order valence-electron chi connectivity index (χ1n) is 5.71. The maximum atomic E-state index is 12.2. The molecule has 7 heteroatoms. The number of carbonyl (C=O) groups is 1. The summed E-state index contributed by atoms with van der Waals surface area (Å²) in [4.78, 5) is 21.5. The van der Waals surface area contributed by atoms with Crippen LogP contribution < -0.4 is 11.1 Å². The van der Waals surface area contributed by atoms with Crippen molar-refractivity contribution in [3.8, 4) is 0 Å². The third-order valence-corrected chi connectivity index (χ3v) is 3.99. The molecule has 0 fully saturated rings. The lowest BCUT2D eigenvalue weighted by molar-refractivity contribution is 0.103. The Morgan fingerprint density at radius 2 is 2.10 bits per heavy atom. The van der Waals surface area contributed by atoms with Crippen LogP contribution in [-0.2, 0) is 0 Å². The molecule has 0 aliphatic carbocycles. The van der Waals surface area contributed by atoms with Crippen molar-refractivity contribution in [1.82, 2.24) is 9.97 Å². The van der Waals surface area contributed by atoms with Gasteiger partial charge in [-0.2, -0.15) is 0 Å². The average molecular weight is 305 g/mol. The Balaban J connectivity index is 1.95. The molecule has 0 saturated heterocycles. The number of amides is 1. The van der Waals surface area contributed by atoms with E-state index in [-0.39, 0.29) is 5.91 Å². The Hall–Kier alpha value is -2.18. The van der Waals surface area contributed by atoms with Crippen molar-refractivity contribution in [3.63, 3.8) is 0 Å². The van der Waals surface area contributed by atoms with Gasteiger partial charge in [0.05, 0.1) is 5.69 Å². The van der Waals surface area contributed by atoms with Crippen molar-refractivity contribution in [1.29, 1.82) is 0 Å².